The van der Waals surface area contributed by atoms with Crippen molar-refractivity contribution in [3.05, 3.63) is 51.8 Å². The summed E-state index contributed by atoms with van der Waals surface area (Å²) in [5.74, 6) is 1.53. The third-order valence-corrected chi connectivity index (χ3v) is 3.83. The first-order chi connectivity index (χ1) is 9.81. The molecule has 0 fully saturated rings. The molecule has 0 atom stereocenters. The smallest absolute Gasteiger partial charge is 0.141 e. The largest absolute Gasteiger partial charge is 0.456 e. The van der Waals surface area contributed by atoms with Crippen molar-refractivity contribution in [1.29, 1.82) is 0 Å². The number of aryl methyl sites for hydroxylation is 4. The lowest BCUT2D eigenvalue weighted by atomic mass is 10.0. The van der Waals surface area contributed by atoms with E-state index in [9.17, 15) is 0 Å². The molecule has 0 saturated heterocycles. The zero-order chi connectivity index (χ0) is 15.7. The Kier molecular flexibility index (Phi) is 4.28. The Labute approximate surface area is 131 Å². The maximum Gasteiger partial charge on any atom is 0.141 e. The van der Waals surface area contributed by atoms with Gasteiger partial charge in [0.15, 0.2) is 0 Å². The first-order valence-corrected chi connectivity index (χ1v) is 7.24. The summed E-state index contributed by atoms with van der Waals surface area (Å²) in [4.78, 5) is 4.72. The van der Waals surface area contributed by atoms with Crippen LogP contribution in [0.25, 0.3) is 0 Å². The third-order valence-electron chi connectivity index (χ3n) is 3.62. The van der Waals surface area contributed by atoms with E-state index in [1.54, 1.807) is 0 Å². The molecule has 0 bridgehead atoms. The second-order valence-electron chi connectivity index (χ2n) is 5.34. The maximum absolute atomic E-state index is 6.17. The monoisotopic (exact) mass is 300 g/mol. The van der Waals surface area contributed by atoms with Crippen molar-refractivity contribution in [2.75, 3.05) is 0 Å². The molecule has 21 heavy (non-hydrogen) atoms. The van der Waals surface area contributed by atoms with Gasteiger partial charge in [-0.15, -0.1) is 0 Å². The van der Waals surface area contributed by atoms with Crippen molar-refractivity contribution in [2.45, 2.75) is 34.6 Å². The molecule has 3 nitrogen and oxygen atoms in total. The van der Waals surface area contributed by atoms with Gasteiger partial charge in [0, 0.05) is 11.8 Å². The Morgan fingerprint density at radius 1 is 1.10 bits per heavy atom. The predicted octanol–water partition coefficient (Wildman–Crippen LogP) is 4.05. The molecule has 0 spiro atoms. The molecule has 0 aliphatic heterocycles. The molecule has 0 unspecified atom stereocenters. The van der Waals surface area contributed by atoms with Gasteiger partial charge >= 0.3 is 0 Å². The molecule has 0 aliphatic carbocycles. The minimum absolute atomic E-state index is 0.304. The van der Waals surface area contributed by atoms with Gasteiger partial charge in [-0.1, -0.05) is 24.4 Å². The van der Waals surface area contributed by atoms with Gasteiger partial charge < -0.3 is 10.5 Å². The molecule has 2 N–H and O–H groups in total. The summed E-state index contributed by atoms with van der Waals surface area (Å²) < 4.78 is 6.17. The van der Waals surface area contributed by atoms with Crippen LogP contribution in [0.3, 0.4) is 0 Å². The van der Waals surface area contributed by atoms with Gasteiger partial charge in [-0.3, -0.25) is 4.98 Å². The average Bonchev–Trinajstić information content (AvgIpc) is 2.38. The molecule has 1 aromatic heterocycles. The lowest BCUT2D eigenvalue weighted by Crippen LogP contribution is -2.14. The maximum atomic E-state index is 6.17. The van der Waals surface area contributed by atoms with Gasteiger partial charge in [0.2, 0.25) is 0 Å². The topological polar surface area (TPSA) is 48.1 Å². The van der Waals surface area contributed by atoms with Crippen molar-refractivity contribution in [1.82, 2.24) is 4.98 Å². The fourth-order valence-electron chi connectivity index (χ4n) is 2.37. The van der Waals surface area contributed by atoms with Gasteiger partial charge in [-0.25, -0.2) is 0 Å². The highest BCUT2D eigenvalue weighted by Gasteiger charge is 2.15. The van der Waals surface area contributed by atoms with Gasteiger partial charge in [-0.05, 0) is 51.3 Å². The quantitative estimate of drug-likeness (QED) is 0.869. The van der Waals surface area contributed by atoms with Crippen LogP contribution in [0.1, 0.15) is 33.6 Å². The summed E-state index contributed by atoms with van der Waals surface area (Å²) >= 11 is 5.15. The third kappa shape index (κ3) is 3.05. The highest BCUT2D eigenvalue weighted by molar-refractivity contribution is 7.80. The van der Waals surface area contributed by atoms with E-state index >= 15 is 0 Å². The zero-order valence-electron chi connectivity index (χ0n) is 13.1. The van der Waals surface area contributed by atoms with Crippen molar-refractivity contribution >= 4 is 17.2 Å². The second kappa shape index (κ2) is 5.82. The number of nitrogens with zero attached hydrogens (tertiary/aromatic N) is 1. The van der Waals surface area contributed by atoms with E-state index < -0.39 is 0 Å². The number of hydrogen-bond donors (Lipinski definition) is 1. The van der Waals surface area contributed by atoms with Crippen molar-refractivity contribution in [3.63, 3.8) is 0 Å². The summed E-state index contributed by atoms with van der Waals surface area (Å²) in [5, 5.41) is 0. The Balaban J connectivity index is 2.60. The molecule has 0 saturated carbocycles. The SMILES string of the molecule is Cc1cc(Oc2c(C)ccc(C)c2C)c(C(N)=S)c(C)n1. The van der Waals surface area contributed by atoms with Crippen LogP contribution in [0.4, 0.5) is 0 Å². The molecule has 2 rings (SSSR count). The number of pyridine rings is 1. The summed E-state index contributed by atoms with van der Waals surface area (Å²) in [5.41, 5.74) is 11.6. The van der Waals surface area contributed by atoms with E-state index in [0.29, 0.717) is 16.3 Å². The second-order valence-corrected chi connectivity index (χ2v) is 5.78. The molecule has 0 amide bonds. The van der Waals surface area contributed by atoms with Crippen LogP contribution in [0, 0.1) is 34.6 Å². The first kappa shape index (κ1) is 15.4. The van der Waals surface area contributed by atoms with E-state index in [-0.39, 0.29) is 0 Å². The van der Waals surface area contributed by atoms with E-state index in [4.69, 9.17) is 22.7 Å². The number of rotatable bonds is 3. The van der Waals surface area contributed by atoms with Crippen LogP contribution in [-0.2, 0) is 0 Å². The number of thiocarbonyl (C=S) groups is 1. The predicted molar refractivity (Wildman–Crippen MR) is 90.3 cm³/mol. The van der Waals surface area contributed by atoms with E-state index in [0.717, 1.165) is 28.3 Å². The van der Waals surface area contributed by atoms with Crippen LogP contribution in [0.5, 0.6) is 11.5 Å². The van der Waals surface area contributed by atoms with Crippen LogP contribution >= 0.6 is 12.2 Å². The average molecular weight is 300 g/mol. The van der Waals surface area contributed by atoms with Crippen LogP contribution in [0.2, 0.25) is 0 Å². The standard InChI is InChI=1S/C17H20N2OS/c1-9-6-7-10(2)16(12(9)4)20-14-8-11(3)19-13(5)15(14)17(18)21/h6-8H,1-5H3,(H2,18,21). The van der Waals surface area contributed by atoms with Gasteiger partial charge in [0.25, 0.3) is 0 Å². The Morgan fingerprint density at radius 3 is 2.33 bits per heavy atom. The van der Waals surface area contributed by atoms with Crippen LogP contribution < -0.4 is 10.5 Å². The minimum Gasteiger partial charge on any atom is -0.456 e. The lowest BCUT2D eigenvalue weighted by Gasteiger charge is -2.17. The number of ether oxygens (including phenoxy) is 1. The summed E-state index contributed by atoms with van der Waals surface area (Å²) in [6, 6.07) is 6.02. The number of benzene rings is 1. The van der Waals surface area contributed by atoms with E-state index in [2.05, 4.69) is 31.0 Å². The number of hydrogen-bond acceptors (Lipinski definition) is 3. The lowest BCUT2D eigenvalue weighted by molar-refractivity contribution is 0.471. The highest BCUT2D eigenvalue weighted by atomic mass is 32.1. The van der Waals surface area contributed by atoms with Gasteiger partial charge in [0.1, 0.15) is 16.5 Å². The molecule has 1 aromatic carbocycles. The molecular formula is C17H20N2OS. The van der Waals surface area contributed by atoms with Crippen LogP contribution in [-0.4, -0.2) is 9.97 Å². The Morgan fingerprint density at radius 2 is 1.71 bits per heavy atom. The molecule has 2 aromatic rings. The normalized spacial score (nSPS) is 10.5. The highest BCUT2D eigenvalue weighted by Crippen LogP contribution is 2.33. The number of nitrogens with two attached hydrogens (primary N) is 1. The first-order valence-electron chi connectivity index (χ1n) is 6.84. The molecule has 0 aliphatic rings. The summed E-state index contributed by atoms with van der Waals surface area (Å²) in [6.07, 6.45) is 0. The summed E-state index contributed by atoms with van der Waals surface area (Å²) in [6.45, 7) is 9.98. The van der Waals surface area contributed by atoms with E-state index in [1.807, 2.05) is 26.8 Å². The fraction of sp³-hybridized carbons (Fsp3) is 0.294. The molecule has 4 heteroatoms. The Bertz CT molecular complexity index is 723. The van der Waals surface area contributed by atoms with Gasteiger partial charge in [-0.2, -0.15) is 0 Å². The molecule has 110 valence electrons. The van der Waals surface area contributed by atoms with Crippen molar-refractivity contribution < 1.29 is 4.74 Å². The Hall–Kier alpha value is -1.94. The van der Waals surface area contributed by atoms with Crippen molar-refractivity contribution in [3.8, 4) is 11.5 Å². The fourth-order valence-corrected chi connectivity index (χ4v) is 2.61. The molecule has 0 radical (unpaired) electrons. The van der Waals surface area contributed by atoms with Gasteiger partial charge in [0.05, 0.1) is 11.3 Å². The minimum atomic E-state index is 0.304. The molecular weight excluding hydrogens is 280 g/mol. The van der Waals surface area contributed by atoms with E-state index in [1.165, 1.54) is 5.56 Å². The number of aromatic nitrogens is 1. The summed E-state index contributed by atoms with van der Waals surface area (Å²) in [7, 11) is 0. The van der Waals surface area contributed by atoms with Crippen LogP contribution in [0.15, 0.2) is 18.2 Å². The molecule has 1 heterocycles. The zero-order valence-corrected chi connectivity index (χ0v) is 13.9. The van der Waals surface area contributed by atoms with Crippen molar-refractivity contribution in [2.24, 2.45) is 5.73 Å².